The molecule has 0 saturated carbocycles. The molecule has 1 N–H and O–H groups in total. The normalized spacial score (nSPS) is 17.5. The van der Waals surface area contributed by atoms with Crippen LogP contribution in [0, 0.1) is 5.82 Å². The van der Waals surface area contributed by atoms with Crippen LogP contribution in [0.1, 0.15) is 13.3 Å². The smallest absolute Gasteiger partial charge is 0.261 e. The Balaban J connectivity index is 1.95. The molecule has 1 aromatic rings. The van der Waals surface area contributed by atoms with E-state index in [2.05, 4.69) is 5.32 Å². The van der Waals surface area contributed by atoms with E-state index >= 15 is 0 Å². The Morgan fingerprint density at radius 2 is 2.05 bits per heavy atom. The van der Waals surface area contributed by atoms with Crippen LogP contribution in [0.2, 0.25) is 0 Å². The van der Waals surface area contributed by atoms with E-state index in [1.54, 1.807) is 6.92 Å². The maximum absolute atomic E-state index is 12.7. The second kappa shape index (κ2) is 6.34. The van der Waals surface area contributed by atoms with Crippen molar-refractivity contribution in [2.75, 3.05) is 13.2 Å². The van der Waals surface area contributed by atoms with E-state index in [1.807, 2.05) is 0 Å². The van der Waals surface area contributed by atoms with E-state index in [4.69, 9.17) is 4.74 Å². The summed E-state index contributed by atoms with van der Waals surface area (Å²) in [6.45, 7) is 1.72. The van der Waals surface area contributed by atoms with Crippen LogP contribution in [0.4, 0.5) is 4.39 Å². The fourth-order valence-corrected chi connectivity index (χ4v) is 2.12. The van der Waals surface area contributed by atoms with Gasteiger partial charge in [-0.1, -0.05) is 0 Å². The van der Waals surface area contributed by atoms with Crippen molar-refractivity contribution in [2.24, 2.45) is 0 Å². The average Bonchev–Trinajstić information content (AvgIpc) is 2.78. The summed E-state index contributed by atoms with van der Waals surface area (Å²) < 4.78 is 18.0. The fourth-order valence-electron chi connectivity index (χ4n) is 2.12. The number of halogens is 1. The molecule has 3 amide bonds. The molecule has 2 rings (SSSR count). The van der Waals surface area contributed by atoms with Gasteiger partial charge in [-0.25, -0.2) is 4.39 Å². The van der Waals surface area contributed by atoms with Crippen molar-refractivity contribution >= 4 is 17.7 Å². The van der Waals surface area contributed by atoms with Gasteiger partial charge in [-0.15, -0.1) is 0 Å². The fraction of sp³-hybridized carbons (Fsp3) is 0.357. The molecule has 7 heteroatoms. The summed E-state index contributed by atoms with van der Waals surface area (Å²) in [5.41, 5.74) is 0. The summed E-state index contributed by atoms with van der Waals surface area (Å²) in [7, 11) is 0. The van der Waals surface area contributed by atoms with Crippen molar-refractivity contribution < 1.29 is 23.5 Å². The van der Waals surface area contributed by atoms with E-state index in [0.717, 1.165) is 0 Å². The van der Waals surface area contributed by atoms with E-state index in [9.17, 15) is 18.8 Å². The van der Waals surface area contributed by atoms with Crippen molar-refractivity contribution in [2.45, 2.75) is 19.4 Å². The highest BCUT2D eigenvalue weighted by Crippen LogP contribution is 2.14. The first-order valence-corrected chi connectivity index (χ1v) is 6.52. The molecule has 1 unspecified atom stereocenters. The van der Waals surface area contributed by atoms with Gasteiger partial charge in [0.1, 0.15) is 17.6 Å². The van der Waals surface area contributed by atoms with E-state index in [-0.39, 0.29) is 19.6 Å². The summed E-state index contributed by atoms with van der Waals surface area (Å²) in [6, 6.07) is 4.47. The highest BCUT2D eigenvalue weighted by molar-refractivity contribution is 6.06. The second-order valence-corrected chi connectivity index (χ2v) is 4.55. The van der Waals surface area contributed by atoms with E-state index < -0.39 is 29.6 Å². The van der Waals surface area contributed by atoms with Gasteiger partial charge >= 0.3 is 0 Å². The Kier molecular flexibility index (Phi) is 4.52. The Hall–Kier alpha value is -2.44. The molecule has 0 spiro atoms. The largest absolute Gasteiger partial charge is 0.484 e. The lowest BCUT2D eigenvalue weighted by Gasteiger charge is -2.25. The number of nitrogens with zero attached hydrogens (tertiary/aromatic N) is 1. The number of hydrogen-bond acceptors (Lipinski definition) is 4. The zero-order valence-electron chi connectivity index (χ0n) is 11.5. The maximum atomic E-state index is 12.7. The lowest BCUT2D eigenvalue weighted by atomic mass is 10.2. The zero-order valence-corrected chi connectivity index (χ0v) is 11.5. The number of likely N-dealkylation sites (N-methyl/N-ethyl adjacent to an activating group) is 1. The molecule has 1 aliphatic rings. The van der Waals surface area contributed by atoms with Crippen LogP contribution in [0.3, 0.4) is 0 Å². The van der Waals surface area contributed by atoms with Gasteiger partial charge < -0.3 is 9.64 Å². The predicted octanol–water partition coefficient (Wildman–Crippen LogP) is 0.468. The molecule has 1 aromatic carbocycles. The van der Waals surface area contributed by atoms with Crippen LogP contribution in [0.25, 0.3) is 0 Å². The summed E-state index contributed by atoms with van der Waals surface area (Å²) in [4.78, 5) is 36.2. The number of carbonyl (C=O) groups excluding carboxylic acids is 3. The minimum atomic E-state index is -0.785. The topological polar surface area (TPSA) is 75.7 Å². The first-order chi connectivity index (χ1) is 10.0. The number of rotatable bonds is 5. The number of ether oxygens (including phenoxy) is 1. The van der Waals surface area contributed by atoms with Crippen LogP contribution in [-0.4, -0.2) is 41.8 Å². The summed E-state index contributed by atoms with van der Waals surface area (Å²) in [5.74, 6) is -1.32. The van der Waals surface area contributed by atoms with Crippen LogP contribution in [-0.2, 0) is 14.4 Å². The van der Waals surface area contributed by atoms with E-state index in [0.29, 0.717) is 5.75 Å². The SMILES string of the molecule is CCN(C(=O)COc1ccc(F)cc1)C1CC(=O)NC1=O. The van der Waals surface area contributed by atoms with E-state index in [1.165, 1.54) is 29.2 Å². The third-order valence-electron chi connectivity index (χ3n) is 3.16. The quantitative estimate of drug-likeness (QED) is 0.801. The molecule has 21 heavy (non-hydrogen) atoms. The molecular formula is C14H15FN2O4. The molecule has 0 aromatic heterocycles. The van der Waals surface area contributed by atoms with Crippen molar-refractivity contribution in [3.63, 3.8) is 0 Å². The first kappa shape index (κ1) is 15.0. The lowest BCUT2D eigenvalue weighted by molar-refractivity contribution is -0.140. The monoisotopic (exact) mass is 294 g/mol. The summed E-state index contributed by atoms with van der Waals surface area (Å²) in [5, 5.41) is 2.16. The standard InChI is InChI=1S/C14H15FN2O4/c1-2-17(11-7-12(18)16-14(11)20)13(19)8-21-10-5-3-9(15)4-6-10/h3-6,11H,2,7-8H2,1H3,(H,16,18,20). The molecular weight excluding hydrogens is 279 g/mol. The van der Waals surface area contributed by atoms with Crippen molar-refractivity contribution in [3.8, 4) is 5.75 Å². The Labute approximate surface area is 120 Å². The highest BCUT2D eigenvalue weighted by Gasteiger charge is 2.37. The minimum absolute atomic E-state index is 0.0328. The Morgan fingerprint density at radius 1 is 1.38 bits per heavy atom. The molecule has 1 atom stereocenters. The second-order valence-electron chi connectivity index (χ2n) is 4.55. The number of hydrogen-bond donors (Lipinski definition) is 1. The number of nitrogens with one attached hydrogen (secondary N) is 1. The molecule has 1 heterocycles. The number of benzene rings is 1. The van der Waals surface area contributed by atoms with Gasteiger partial charge in [-0.3, -0.25) is 19.7 Å². The highest BCUT2D eigenvalue weighted by atomic mass is 19.1. The number of imide groups is 1. The summed E-state index contributed by atoms with van der Waals surface area (Å²) in [6.07, 6.45) is -0.0328. The third-order valence-corrected chi connectivity index (χ3v) is 3.16. The number of carbonyl (C=O) groups is 3. The van der Waals surface area contributed by atoms with Crippen LogP contribution < -0.4 is 10.1 Å². The predicted molar refractivity (Wildman–Crippen MR) is 70.8 cm³/mol. The zero-order chi connectivity index (χ0) is 15.4. The third kappa shape index (κ3) is 3.56. The number of amides is 3. The Bertz CT molecular complexity index is 559. The molecule has 0 aliphatic carbocycles. The van der Waals surface area contributed by atoms with Gasteiger partial charge in [0.25, 0.3) is 5.91 Å². The molecule has 0 radical (unpaired) electrons. The minimum Gasteiger partial charge on any atom is -0.484 e. The Morgan fingerprint density at radius 3 is 2.57 bits per heavy atom. The van der Waals surface area contributed by atoms with Gasteiger partial charge in [-0.2, -0.15) is 0 Å². The van der Waals surface area contributed by atoms with Crippen LogP contribution >= 0.6 is 0 Å². The molecule has 6 nitrogen and oxygen atoms in total. The molecule has 112 valence electrons. The van der Waals surface area contributed by atoms with Gasteiger partial charge in [0.05, 0.1) is 6.42 Å². The molecule has 1 saturated heterocycles. The van der Waals surface area contributed by atoms with Crippen molar-refractivity contribution in [1.29, 1.82) is 0 Å². The van der Waals surface area contributed by atoms with Gasteiger partial charge in [0.15, 0.2) is 6.61 Å². The van der Waals surface area contributed by atoms with Gasteiger partial charge in [0.2, 0.25) is 11.8 Å². The molecule has 1 fully saturated rings. The van der Waals surface area contributed by atoms with Crippen LogP contribution in [0.5, 0.6) is 5.75 Å². The first-order valence-electron chi connectivity index (χ1n) is 6.52. The maximum Gasteiger partial charge on any atom is 0.261 e. The lowest BCUT2D eigenvalue weighted by Crippen LogP contribution is -2.46. The molecule has 0 bridgehead atoms. The van der Waals surface area contributed by atoms with Crippen molar-refractivity contribution in [3.05, 3.63) is 30.1 Å². The summed E-state index contributed by atoms with van der Waals surface area (Å²) >= 11 is 0. The average molecular weight is 294 g/mol. The van der Waals surface area contributed by atoms with Gasteiger partial charge in [-0.05, 0) is 31.2 Å². The van der Waals surface area contributed by atoms with Gasteiger partial charge in [0, 0.05) is 6.54 Å². The molecule has 1 aliphatic heterocycles. The van der Waals surface area contributed by atoms with Crippen LogP contribution in [0.15, 0.2) is 24.3 Å². The van der Waals surface area contributed by atoms with Crippen molar-refractivity contribution in [1.82, 2.24) is 10.2 Å².